The number of aliphatic carboxylic acids is 1. The molecule has 0 saturated carbocycles. The first kappa shape index (κ1) is 25.9. The highest BCUT2D eigenvalue weighted by Crippen LogP contribution is 2.22. The van der Waals surface area contributed by atoms with Gasteiger partial charge in [0.2, 0.25) is 5.95 Å². The summed E-state index contributed by atoms with van der Waals surface area (Å²) in [4.78, 5) is 17.2. The van der Waals surface area contributed by atoms with Crippen molar-refractivity contribution in [3.63, 3.8) is 0 Å². The van der Waals surface area contributed by atoms with Crippen LogP contribution in [0, 0.1) is 5.82 Å². The highest BCUT2D eigenvalue weighted by atomic mass is 19.4. The zero-order chi connectivity index (χ0) is 26.1. The molecular formula is C23H20F4N6O3. The minimum atomic E-state index is -5.08. The van der Waals surface area contributed by atoms with Crippen molar-refractivity contribution in [3.05, 3.63) is 79.0 Å². The van der Waals surface area contributed by atoms with Gasteiger partial charge in [-0.15, -0.1) is 5.10 Å². The third kappa shape index (κ3) is 7.41. The van der Waals surface area contributed by atoms with Crippen LogP contribution in [-0.2, 0) is 4.79 Å². The van der Waals surface area contributed by atoms with Crippen LogP contribution in [0.5, 0.6) is 5.75 Å². The molecule has 0 atom stereocenters. The molecule has 0 aliphatic carbocycles. The molecule has 0 saturated heterocycles. The number of pyridine rings is 1. The maximum atomic E-state index is 14.4. The lowest BCUT2D eigenvalue weighted by molar-refractivity contribution is -0.192. The smallest absolute Gasteiger partial charge is 0.490 e. The second-order valence-electron chi connectivity index (χ2n) is 6.91. The highest BCUT2D eigenvalue weighted by molar-refractivity contribution is 5.73. The second-order valence-corrected chi connectivity index (χ2v) is 6.91. The molecule has 2 aromatic heterocycles. The lowest BCUT2D eigenvalue weighted by Crippen LogP contribution is -2.21. The van der Waals surface area contributed by atoms with Crippen molar-refractivity contribution in [2.45, 2.75) is 13.1 Å². The summed E-state index contributed by atoms with van der Waals surface area (Å²) in [6.45, 7) is 2.54. The Morgan fingerprint density at radius 1 is 1.03 bits per heavy atom. The number of nitrogens with zero attached hydrogens (tertiary/aromatic N) is 4. The van der Waals surface area contributed by atoms with E-state index in [2.05, 4.69) is 25.7 Å². The van der Waals surface area contributed by atoms with E-state index in [0.717, 1.165) is 23.3 Å². The fourth-order valence-corrected chi connectivity index (χ4v) is 2.71. The van der Waals surface area contributed by atoms with E-state index >= 15 is 0 Å². The van der Waals surface area contributed by atoms with Crippen molar-refractivity contribution >= 4 is 29.1 Å². The zero-order valence-corrected chi connectivity index (χ0v) is 18.7. The molecule has 2 heterocycles. The van der Waals surface area contributed by atoms with Gasteiger partial charge in [-0.1, -0.05) is 18.2 Å². The molecule has 0 bridgehead atoms. The summed E-state index contributed by atoms with van der Waals surface area (Å²) in [6, 6.07) is 18.5. The monoisotopic (exact) mass is 504 g/mol. The van der Waals surface area contributed by atoms with Crippen LogP contribution in [0.25, 0.3) is 5.69 Å². The van der Waals surface area contributed by atoms with Crippen LogP contribution in [-0.4, -0.2) is 43.6 Å². The molecule has 0 aliphatic heterocycles. The van der Waals surface area contributed by atoms with Gasteiger partial charge in [-0.25, -0.2) is 18.9 Å². The molecule has 0 amide bonds. The Bertz CT molecular complexity index is 1280. The number of hydrogen-bond donors (Lipinski definition) is 3. The number of carbonyl (C=O) groups is 1. The third-order valence-corrected chi connectivity index (χ3v) is 4.28. The van der Waals surface area contributed by atoms with E-state index in [0.29, 0.717) is 18.4 Å². The minimum Gasteiger partial charge on any atom is -0.494 e. The van der Waals surface area contributed by atoms with E-state index in [1.807, 2.05) is 61.5 Å². The van der Waals surface area contributed by atoms with Gasteiger partial charge in [0, 0.05) is 17.4 Å². The number of carboxylic acid groups (broad SMARTS) is 1. The first-order chi connectivity index (χ1) is 17.2. The molecule has 36 heavy (non-hydrogen) atoms. The standard InChI is InChI=1S/C21H19FN6O.C2HF3O2/c1-2-29-17-10-8-16(9-11-17)25-20-12-19(18(22)13-23-20)28-14-24-21(27-28)26-15-6-4-3-5-7-15;3-2(4,5)1(6)7/h3-14H,2H2,1H3,(H,23,25)(H,26,27);(H,6,7). The number of halogens is 4. The first-order valence-corrected chi connectivity index (χ1v) is 10.4. The molecule has 0 unspecified atom stereocenters. The van der Waals surface area contributed by atoms with Crippen molar-refractivity contribution in [2.75, 3.05) is 17.2 Å². The second kappa shape index (κ2) is 11.6. The molecule has 4 rings (SSSR count). The number of benzene rings is 2. The van der Waals surface area contributed by atoms with E-state index in [-0.39, 0.29) is 5.69 Å². The van der Waals surface area contributed by atoms with E-state index in [1.54, 1.807) is 6.07 Å². The molecule has 9 nitrogen and oxygen atoms in total. The zero-order valence-electron chi connectivity index (χ0n) is 18.7. The molecule has 0 spiro atoms. The number of anilines is 4. The fourth-order valence-electron chi connectivity index (χ4n) is 2.71. The number of carboxylic acids is 1. The van der Waals surface area contributed by atoms with Gasteiger partial charge in [0.15, 0.2) is 5.82 Å². The van der Waals surface area contributed by atoms with Crippen molar-refractivity contribution in [1.29, 1.82) is 0 Å². The van der Waals surface area contributed by atoms with E-state index in [1.165, 1.54) is 11.0 Å². The predicted molar refractivity (Wildman–Crippen MR) is 123 cm³/mol. The fraction of sp³-hybridized carbons (Fsp3) is 0.130. The number of ether oxygens (including phenoxy) is 1. The first-order valence-electron chi connectivity index (χ1n) is 10.4. The Labute approximate surface area is 202 Å². The summed E-state index contributed by atoms with van der Waals surface area (Å²) in [7, 11) is 0. The van der Waals surface area contributed by atoms with Gasteiger partial charge in [0.25, 0.3) is 0 Å². The third-order valence-electron chi connectivity index (χ3n) is 4.28. The van der Waals surface area contributed by atoms with Crippen molar-refractivity contribution < 1.29 is 32.2 Å². The van der Waals surface area contributed by atoms with Gasteiger partial charge in [0.05, 0.1) is 12.8 Å². The maximum absolute atomic E-state index is 14.4. The number of nitrogens with one attached hydrogen (secondary N) is 2. The van der Waals surface area contributed by atoms with Crippen LogP contribution in [0.1, 0.15) is 6.92 Å². The van der Waals surface area contributed by atoms with Crippen LogP contribution < -0.4 is 15.4 Å². The van der Waals surface area contributed by atoms with Gasteiger partial charge in [0.1, 0.15) is 23.6 Å². The van der Waals surface area contributed by atoms with Gasteiger partial charge in [-0.3, -0.25) is 0 Å². The molecule has 188 valence electrons. The highest BCUT2D eigenvalue weighted by Gasteiger charge is 2.38. The maximum Gasteiger partial charge on any atom is 0.490 e. The number of rotatable bonds is 7. The number of para-hydroxylation sites is 1. The topological polar surface area (TPSA) is 114 Å². The lowest BCUT2D eigenvalue weighted by atomic mass is 10.3. The Morgan fingerprint density at radius 2 is 1.67 bits per heavy atom. The molecule has 0 radical (unpaired) electrons. The predicted octanol–water partition coefficient (Wildman–Crippen LogP) is 5.32. The molecule has 2 aromatic carbocycles. The van der Waals surface area contributed by atoms with Gasteiger partial charge in [-0.05, 0) is 43.3 Å². The summed E-state index contributed by atoms with van der Waals surface area (Å²) < 4.78 is 52.9. The Kier molecular flexibility index (Phi) is 8.39. The quantitative estimate of drug-likeness (QED) is 0.290. The number of hydrogen-bond acceptors (Lipinski definition) is 7. The number of alkyl halides is 3. The lowest BCUT2D eigenvalue weighted by Gasteiger charge is -2.09. The molecule has 3 N–H and O–H groups in total. The molecule has 0 aliphatic rings. The molecular weight excluding hydrogens is 484 g/mol. The van der Waals surface area contributed by atoms with Crippen LogP contribution in [0.15, 0.2) is 73.2 Å². The Hall–Kier alpha value is -4.68. The molecule has 4 aromatic rings. The average molecular weight is 504 g/mol. The molecule has 13 heteroatoms. The van der Waals surface area contributed by atoms with Crippen LogP contribution in [0.3, 0.4) is 0 Å². The van der Waals surface area contributed by atoms with Gasteiger partial charge in [-0.2, -0.15) is 18.2 Å². The summed E-state index contributed by atoms with van der Waals surface area (Å²) in [5.41, 5.74) is 1.89. The van der Waals surface area contributed by atoms with Crippen LogP contribution in [0.4, 0.5) is 40.7 Å². The van der Waals surface area contributed by atoms with E-state index in [4.69, 9.17) is 14.6 Å². The SMILES string of the molecule is CCOc1ccc(Nc2cc(-n3cnc(Nc4ccccc4)n3)c(F)cn2)cc1.O=C(O)C(F)(F)F. The van der Waals surface area contributed by atoms with Gasteiger partial charge >= 0.3 is 12.1 Å². The molecule has 0 fully saturated rings. The summed E-state index contributed by atoms with van der Waals surface area (Å²) in [6.07, 6.45) is -2.48. The normalized spacial score (nSPS) is 10.7. The van der Waals surface area contributed by atoms with Gasteiger partial charge < -0.3 is 20.5 Å². The largest absolute Gasteiger partial charge is 0.494 e. The van der Waals surface area contributed by atoms with Crippen LogP contribution in [0.2, 0.25) is 0 Å². The average Bonchev–Trinajstić information content (AvgIpc) is 3.30. The van der Waals surface area contributed by atoms with Crippen LogP contribution >= 0.6 is 0 Å². The Balaban J connectivity index is 0.000000454. The summed E-state index contributed by atoms with van der Waals surface area (Å²) in [5.74, 6) is -1.62. The van der Waals surface area contributed by atoms with Crippen molar-refractivity contribution in [3.8, 4) is 11.4 Å². The Morgan fingerprint density at radius 3 is 2.28 bits per heavy atom. The van der Waals surface area contributed by atoms with Crippen molar-refractivity contribution in [2.24, 2.45) is 0 Å². The summed E-state index contributed by atoms with van der Waals surface area (Å²) >= 11 is 0. The van der Waals surface area contributed by atoms with Crippen molar-refractivity contribution in [1.82, 2.24) is 19.7 Å². The van der Waals surface area contributed by atoms with E-state index < -0.39 is 18.0 Å². The van der Waals surface area contributed by atoms with E-state index in [9.17, 15) is 17.6 Å². The summed E-state index contributed by atoms with van der Waals surface area (Å²) in [5, 5.41) is 17.6. The minimum absolute atomic E-state index is 0.238. The number of aromatic nitrogens is 4.